The van der Waals surface area contributed by atoms with Crippen LogP contribution in [0.5, 0.6) is 0 Å². The van der Waals surface area contributed by atoms with Crippen molar-refractivity contribution in [2.45, 2.75) is 39.0 Å². The van der Waals surface area contributed by atoms with Crippen LogP contribution in [0.2, 0.25) is 10.0 Å². The lowest BCUT2D eigenvalue weighted by Crippen LogP contribution is -2.51. The molecule has 2 aliphatic rings. The lowest BCUT2D eigenvalue weighted by Gasteiger charge is -2.38. The molecule has 8 heteroatoms. The summed E-state index contributed by atoms with van der Waals surface area (Å²) < 4.78 is 0. The summed E-state index contributed by atoms with van der Waals surface area (Å²) in [7, 11) is 0. The number of anilines is 1. The summed E-state index contributed by atoms with van der Waals surface area (Å²) in [6.07, 6.45) is 4.20. The van der Waals surface area contributed by atoms with Gasteiger partial charge >= 0.3 is 0 Å². The largest absolute Gasteiger partial charge is 0.368 e. The normalized spacial score (nSPS) is 18.0. The second kappa shape index (κ2) is 9.83. The molecule has 1 aliphatic carbocycles. The summed E-state index contributed by atoms with van der Waals surface area (Å²) in [6.45, 7) is 4.45. The van der Waals surface area contributed by atoms with Gasteiger partial charge in [0.25, 0.3) is 0 Å². The van der Waals surface area contributed by atoms with E-state index >= 15 is 0 Å². The van der Waals surface area contributed by atoms with E-state index in [9.17, 15) is 9.59 Å². The zero-order valence-corrected chi connectivity index (χ0v) is 18.1. The molecule has 1 aromatic carbocycles. The second-order valence-corrected chi connectivity index (χ2v) is 8.51. The summed E-state index contributed by atoms with van der Waals surface area (Å²) in [5.41, 5.74) is 4.92. The van der Waals surface area contributed by atoms with E-state index in [2.05, 4.69) is 4.90 Å². The van der Waals surface area contributed by atoms with Crippen LogP contribution in [0.3, 0.4) is 0 Å². The van der Waals surface area contributed by atoms with E-state index in [1.54, 1.807) is 11.5 Å². The molecule has 0 unspecified atom stereocenters. The van der Waals surface area contributed by atoms with Crippen LogP contribution in [0.25, 0.3) is 0 Å². The van der Waals surface area contributed by atoms with E-state index in [4.69, 9.17) is 28.4 Å². The van der Waals surface area contributed by atoms with E-state index in [0.717, 1.165) is 36.9 Å². The molecule has 0 radical (unpaired) electrons. The van der Waals surface area contributed by atoms with Gasteiger partial charge in [-0.25, -0.2) is 5.48 Å². The molecule has 3 rings (SSSR count). The summed E-state index contributed by atoms with van der Waals surface area (Å²) in [5.74, 6) is -1.10. The Labute approximate surface area is 181 Å². The van der Waals surface area contributed by atoms with E-state index < -0.39 is 11.8 Å². The highest BCUT2D eigenvalue weighted by atomic mass is 35.5. The monoisotopic (exact) mass is 439 g/mol. The highest BCUT2D eigenvalue weighted by Crippen LogP contribution is 2.33. The van der Waals surface area contributed by atoms with Gasteiger partial charge in [0.2, 0.25) is 11.8 Å². The van der Waals surface area contributed by atoms with Crippen molar-refractivity contribution < 1.29 is 14.8 Å². The number of allylic oxidation sites excluding steroid dienone is 1. The lowest BCUT2D eigenvalue weighted by molar-refractivity contribution is -0.139. The topological polar surface area (TPSA) is 72.9 Å². The molecule has 1 aromatic rings. The van der Waals surface area contributed by atoms with Gasteiger partial charge in [0.05, 0.1) is 16.0 Å². The third-order valence-electron chi connectivity index (χ3n) is 5.96. The maximum Gasteiger partial charge on any atom is 0.244 e. The van der Waals surface area contributed by atoms with Crippen molar-refractivity contribution in [1.82, 2.24) is 10.4 Å². The lowest BCUT2D eigenvalue weighted by atomic mass is 9.90. The molecule has 2 N–H and O–H groups in total. The molecule has 0 aromatic heterocycles. The fraction of sp³-hybridized carbons (Fsp3) is 0.524. The molecule has 1 saturated carbocycles. The highest BCUT2D eigenvalue weighted by molar-refractivity contribution is 6.42. The second-order valence-electron chi connectivity index (χ2n) is 7.70. The van der Waals surface area contributed by atoms with Gasteiger partial charge in [-0.2, -0.15) is 0 Å². The molecule has 1 heterocycles. The van der Waals surface area contributed by atoms with Crippen molar-refractivity contribution >= 4 is 40.7 Å². The molecular weight excluding hydrogens is 413 g/mol. The van der Waals surface area contributed by atoms with E-state index in [1.807, 2.05) is 24.0 Å². The molecule has 1 atom stereocenters. The molecule has 6 nitrogen and oxygen atoms in total. The smallest absolute Gasteiger partial charge is 0.244 e. The van der Waals surface area contributed by atoms with Gasteiger partial charge in [0.15, 0.2) is 0 Å². The molecule has 0 bridgehead atoms. The fourth-order valence-electron chi connectivity index (χ4n) is 4.19. The quantitative estimate of drug-likeness (QED) is 0.412. The zero-order chi connectivity index (χ0) is 21.0. The number of benzene rings is 1. The van der Waals surface area contributed by atoms with Crippen LogP contribution < -0.4 is 10.4 Å². The average Bonchev–Trinajstić information content (AvgIpc) is 3.28. The zero-order valence-electron chi connectivity index (χ0n) is 16.6. The maximum atomic E-state index is 13.3. The summed E-state index contributed by atoms with van der Waals surface area (Å²) in [5, 5.41) is 9.99. The minimum atomic E-state index is -0.532. The standard InChI is InChI=1S/C21H27Cl2N3O3/c1-14(15-4-2-3-5-15)17(13-20(27)24-29)21(28)26-10-8-25(9-11-26)16-6-7-18(22)19(23)12-16/h6-7,12,17,29H,2-5,8-11,13H2,1H3,(H,24,27)/t17-/m0/s1. The molecule has 1 saturated heterocycles. The van der Waals surface area contributed by atoms with Crippen LogP contribution in [0.15, 0.2) is 29.3 Å². The van der Waals surface area contributed by atoms with Gasteiger partial charge in [-0.15, -0.1) is 0 Å². The van der Waals surface area contributed by atoms with Crippen LogP contribution in [-0.2, 0) is 9.59 Å². The van der Waals surface area contributed by atoms with Crippen LogP contribution >= 0.6 is 23.2 Å². The summed E-state index contributed by atoms with van der Waals surface area (Å²) >= 11 is 12.1. The number of amides is 2. The number of carbonyl (C=O) groups is 2. The van der Waals surface area contributed by atoms with Crippen molar-refractivity contribution in [3.05, 3.63) is 39.4 Å². The first-order valence-corrected chi connectivity index (χ1v) is 10.8. The number of rotatable bonds is 5. The van der Waals surface area contributed by atoms with Crippen molar-refractivity contribution in [2.24, 2.45) is 5.92 Å². The Bertz CT molecular complexity index is 796. The predicted octanol–water partition coefficient (Wildman–Crippen LogP) is 4.04. The Balaban J connectivity index is 1.69. The number of piperazine rings is 1. The maximum absolute atomic E-state index is 13.3. The van der Waals surface area contributed by atoms with Gasteiger partial charge in [-0.1, -0.05) is 34.3 Å². The first-order chi connectivity index (χ1) is 13.9. The van der Waals surface area contributed by atoms with E-state index in [0.29, 0.717) is 36.2 Å². The summed E-state index contributed by atoms with van der Waals surface area (Å²) in [6, 6.07) is 5.54. The number of hydrogen-bond acceptors (Lipinski definition) is 4. The number of nitrogens with one attached hydrogen (secondary N) is 1. The first-order valence-electron chi connectivity index (χ1n) is 10.0. The van der Waals surface area contributed by atoms with Crippen LogP contribution in [-0.4, -0.2) is 48.1 Å². The molecule has 29 heavy (non-hydrogen) atoms. The van der Waals surface area contributed by atoms with Gasteiger partial charge in [0.1, 0.15) is 0 Å². The Morgan fingerprint density at radius 3 is 2.34 bits per heavy atom. The Morgan fingerprint density at radius 1 is 1.10 bits per heavy atom. The van der Waals surface area contributed by atoms with Crippen molar-refractivity contribution in [3.63, 3.8) is 0 Å². The first kappa shape index (κ1) is 21.9. The van der Waals surface area contributed by atoms with Crippen LogP contribution in [0, 0.1) is 5.92 Å². The number of hydroxylamine groups is 1. The van der Waals surface area contributed by atoms with Crippen molar-refractivity contribution in [3.8, 4) is 0 Å². The Kier molecular flexibility index (Phi) is 7.44. The minimum Gasteiger partial charge on any atom is -0.368 e. The number of halogens is 2. The van der Waals surface area contributed by atoms with Gasteiger partial charge < -0.3 is 9.80 Å². The number of carbonyl (C=O) groups excluding carboxylic acids is 2. The SMILES string of the molecule is CC(=C1CCCC1)[C@H](CC(=O)NO)C(=O)N1CCN(c2ccc(Cl)c(Cl)c2)CC1. The predicted molar refractivity (Wildman–Crippen MR) is 114 cm³/mol. The minimum absolute atomic E-state index is 0.0301. The molecule has 2 amide bonds. The fourth-order valence-corrected chi connectivity index (χ4v) is 4.48. The average molecular weight is 440 g/mol. The van der Waals surface area contributed by atoms with Crippen LogP contribution in [0.4, 0.5) is 5.69 Å². The summed E-state index contributed by atoms with van der Waals surface area (Å²) in [4.78, 5) is 29.1. The van der Waals surface area contributed by atoms with Gasteiger partial charge in [-0.05, 0) is 50.8 Å². The third kappa shape index (κ3) is 5.24. The molecular formula is C21H27Cl2N3O3. The number of nitrogens with zero attached hydrogens (tertiary/aromatic N) is 2. The van der Waals surface area contributed by atoms with Crippen LogP contribution in [0.1, 0.15) is 39.0 Å². The molecule has 1 aliphatic heterocycles. The number of hydrogen-bond donors (Lipinski definition) is 2. The molecule has 0 spiro atoms. The van der Waals surface area contributed by atoms with E-state index in [-0.39, 0.29) is 12.3 Å². The molecule has 2 fully saturated rings. The van der Waals surface area contributed by atoms with Gasteiger partial charge in [0, 0.05) is 38.3 Å². The van der Waals surface area contributed by atoms with Crippen molar-refractivity contribution in [1.29, 1.82) is 0 Å². The van der Waals surface area contributed by atoms with E-state index in [1.165, 1.54) is 5.57 Å². The molecule has 158 valence electrons. The van der Waals surface area contributed by atoms with Crippen molar-refractivity contribution in [2.75, 3.05) is 31.1 Å². The third-order valence-corrected chi connectivity index (χ3v) is 6.70. The Hall–Kier alpha value is -1.76. The Morgan fingerprint density at radius 2 is 1.76 bits per heavy atom. The van der Waals surface area contributed by atoms with Gasteiger partial charge in [-0.3, -0.25) is 14.8 Å². The highest BCUT2D eigenvalue weighted by Gasteiger charge is 2.32.